The maximum absolute atomic E-state index is 8.96. The van der Waals surface area contributed by atoms with Crippen molar-refractivity contribution in [1.82, 2.24) is 0 Å². The Kier molecular flexibility index (Phi) is 14.7. The minimum absolute atomic E-state index is 0.726. The summed E-state index contributed by atoms with van der Waals surface area (Å²) in [5.74, 6) is 0. The zero-order valence-electron chi connectivity index (χ0n) is 11.2. The molecule has 0 fully saturated rings. The topological polar surface area (TPSA) is 121 Å². The summed E-state index contributed by atoms with van der Waals surface area (Å²) < 4.78 is 0. The Hall–Kier alpha value is -0.240. The molecule has 0 amide bonds. The van der Waals surface area contributed by atoms with Gasteiger partial charge < -0.3 is 30.6 Å². The van der Waals surface area contributed by atoms with Crippen LogP contribution < -0.4 is 0 Å². The zero-order chi connectivity index (χ0) is 14.6. The molecule has 0 aliphatic rings. The van der Waals surface area contributed by atoms with Crippen LogP contribution in [0.5, 0.6) is 0 Å². The molecule has 6 N–H and O–H groups in total. The predicted molar refractivity (Wildman–Crippen MR) is 68.0 cm³/mol. The van der Waals surface area contributed by atoms with E-state index in [1.54, 1.807) is 0 Å². The highest BCUT2D eigenvalue weighted by Crippen LogP contribution is 2.04. The molecule has 0 aromatic carbocycles. The third-order valence-corrected chi connectivity index (χ3v) is 2.47. The summed E-state index contributed by atoms with van der Waals surface area (Å²) in [4.78, 5) is 0. The highest BCUT2D eigenvalue weighted by Gasteiger charge is 2.29. The Morgan fingerprint density at radius 1 is 0.667 bits per heavy atom. The lowest BCUT2D eigenvalue weighted by molar-refractivity contribution is -0.123. The van der Waals surface area contributed by atoms with Crippen LogP contribution in [0.3, 0.4) is 0 Å². The average Bonchev–Trinajstić information content (AvgIpc) is 2.42. The van der Waals surface area contributed by atoms with Gasteiger partial charge >= 0.3 is 0 Å². The number of aliphatic hydroxyl groups excluding tert-OH is 6. The highest BCUT2D eigenvalue weighted by atomic mass is 16.4. The normalized spacial score (nSPS) is 17.3. The first-order valence-corrected chi connectivity index (χ1v) is 6.40. The van der Waals surface area contributed by atoms with Crippen LogP contribution in [-0.4, -0.2) is 68.3 Å². The van der Waals surface area contributed by atoms with Gasteiger partial charge in [0.1, 0.15) is 24.4 Å². The molecule has 0 saturated heterocycles. The van der Waals surface area contributed by atoms with Gasteiger partial charge in [-0.2, -0.15) is 0 Å². The second kappa shape index (κ2) is 13.2. The molecule has 0 radical (unpaired) electrons. The van der Waals surface area contributed by atoms with E-state index in [-0.39, 0.29) is 0 Å². The first-order valence-electron chi connectivity index (χ1n) is 6.40. The Morgan fingerprint density at radius 3 is 1.11 bits per heavy atom. The number of hydrogen-bond acceptors (Lipinski definition) is 6. The van der Waals surface area contributed by atoms with Crippen LogP contribution in [0.4, 0.5) is 0 Å². The Labute approximate surface area is 109 Å². The standard InChI is InChI=1S/C6H14O6.C6H14/c7-1-3(9)5(11)6(12)4(10)2-8;1-3-5-6-4-2/h3-12H,1-2H2;3-6H2,1-2H3. The van der Waals surface area contributed by atoms with E-state index in [0.29, 0.717) is 0 Å². The SMILES string of the molecule is CCCCCC.OCC(O)C(O)C(O)C(O)CO. The maximum Gasteiger partial charge on any atom is 0.111 e. The number of unbranched alkanes of at least 4 members (excludes halogenated alkanes) is 3. The fraction of sp³-hybridized carbons (Fsp3) is 1.00. The van der Waals surface area contributed by atoms with Crippen molar-refractivity contribution in [3.05, 3.63) is 0 Å². The Morgan fingerprint density at radius 2 is 0.944 bits per heavy atom. The summed E-state index contributed by atoms with van der Waals surface area (Å²) in [6, 6.07) is 0. The molecule has 4 atom stereocenters. The maximum atomic E-state index is 8.96. The summed E-state index contributed by atoms with van der Waals surface area (Å²) in [6.07, 6.45) is -0.856. The van der Waals surface area contributed by atoms with Crippen LogP contribution >= 0.6 is 0 Å². The van der Waals surface area contributed by atoms with Crippen LogP contribution in [-0.2, 0) is 0 Å². The summed E-state index contributed by atoms with van der Waals surface area (Å²) in [7, 11) is 0. The number of aliphatic hydroxyl groups is 6. The summed E-state index contributed by atoms with van der Waals surface area (Å²) in [6.45, 7) is 3.01. The Bertz CT molecular complexity index is 149. The van der Waals surface area contributed by atoms with Gasteiger partial charge in [-0.3, -0.25) is 0 Å². The summed E-state index contributed by atoms with van der Waals surface area (Å²) in [5.41, 5.74) is 0. The van der Waals surface area contributed by atoms with Gasteiger partial charge in [0.2, 0.25) is 0 Å². The molecule has 6 heteroatoms. The molecule has 0 heterocycles. The van der Waals surface area contributed by atoms with E-state index < -0.39 is 37.6 Å². The monoisotopic (exact) mass is 268 g/mol. The van der Waals surface area contributed by atoms with Gasteiger partial charge in [0, 0.05) is 0 Å². The molecule has 0 aliphatic heterocycles. The number of hydrogen-bond donors (Lipinski definition) is 6. The minimum atomic E-state index is -1.67. The van der Waals surface area contributed by atoms with Crippen LogP contribution in [0.15, 0.2) is 0 Å². The smallest absolute Gasteiger partial charge is 0.111 e. The largest absolute Gasteiger partial charge is 0.394 e. The quantitative estimate of drug-likeness (QED) is 0.314. The van der Waals surface area contributed by atoms with Gasteiger partial charge in [-0.25, -0.2) is 0 Å². The van der Waals surface area contributed by atoms with Gasteiger partial charge in [0.25, 0.3) is 0 Å². The lowest BCUT2D eigenvalue weighted by Crippen LogP contribution is -2.46. The Balaban J connectivity index is 0. The van der Waals surface area contributed by atoms with Crippen LogP contribution in [0, 0.1) is 0 Å². The van der Waals surface area contributed by atoms with Crippen molar-refractivity contribution in [3.63, 3.8) is 0 Å². The van der Waals surface area contributed by atoms with Gasteiger partial charge in [-0.15, -0.1) is 0 Å². The van der Waals surface area contributed by atoms with Crippen molar-refractivity contribution >= 4 is 0 Å². The van der Waals surface area contributed by atoms with E-state index in [9.17, 15) is 0 Å². The summed E-state index contributed by atoms with van der Waals surface area (Å²) in [5, 5.41) is 52.2. The van der Waals surface area contributed by atoms with Crippen LogP contribution in [0.25, 0.3) is 0 Å². The fourth-order valence-electron chi connectivity index (χ4n) is 1.17. The first kappa shape index (κ1) is 20.1. The van der Waals surface area contributed by atoms with Crippen molar-refractivity contribution < 1.29 is 30.6 Å². The van der Waals surface area contributed by atoms with E-state index in [4.69, 9.17) is 30.6 Å². The highest BCUT2D eigenvalue weighted by molar-refractivity contribution is 4.79. The zero-order valence-corrected chi connectivity index (χ0v) is 11.2. The van der Waals surface area contributed by atoms with Crippen molar-refractivity contribution in [3.8, 4) is 0 Å². The molecule has 0 aliphatic carbocycles. The third kappa shape index (κ3) is 9.76. The predicted octanol–water partition coefficient (Wildman–Crippen LogP) is -0.999. The van der Waals surface area contributed by atoms with Crippen molar-refractivity contribution in [1.29, 1.82) is 0 Å². The van der Waals surface area contributed by atoms with Crippen LogP contribution in [0.1, 0.15) is 39.5 Å². The fourth-order valence-corrected chi connectivity index (χ4v) is 1.17. The van der Waals surface area contributed by atoms with Gasteiger partial charge in [-0.05, 0) is 0 Å². The second-order valence-electron chi connectivity index (χ2n) is 4.19. The lowest BCUT2D eigenvalue weighted by Gasteiger charge is -2.24. The molecule has 112 valence electrons. The average molecular weight is 268 g/mol. The van der Waals surface area contributed by atoms with Crippen LogP contribution in [0.2, 0.25) is 0 Å². The van der Waals surface area contributed by atoms with E-state index in [0.717, 1.165) is 0 Å². The molecular formula is C12H28O6. The van der Waals surface area contributed by atoms with Gasteiger partial charge in [0.05, 0.1) is 13.2 Å². The molecule has 0 aromatic rings. The molecule has 0 spiro atoms. The lowest BCUT2D eigenvalue weighted by atomic mass is 10.0. The second-order valence-corrected chi connectivity index (χ2v) is 4.19. The molecule has 0 bridgehead atoms. The van der Waals surface area contributed by atoms with Crippen molar-refractivity contribution in [2.75, 3.05) is 13.2 Å². The van der Waals surface area contributed by atoms with E-state index in [2.05, 4.69) is 13.8 Å². The number of rotatable bonds is 8. The molecule has 4 unspecified atom stereocenters. The van der Waals surface area contributed by atoms with Crippen molar-refractivity contribution in [2.24, 2.45) is 0 Å². The van der Waals surface area contributed by atoms with Gasteiger partial charge in [-0.1, -0.05) is 39.5 Å². The molecular weight excluding hydrogens is 240 g/mol. The molecule has 18 heavy (non-hydrogen) atoms. The van der Waals surface area contributed by atoms with Gasteiger partial charge in [0.15, 0.2) is 0 Å². The third-order valence-electron chi connectivity index (χ3n) is 2.47. The molecule has 0 saturated carbocycles. The molecule has 0 aromatic heterocycles. The minimum Gasteiger partial charge on any atom is -0.394 e. The molecule has 0 rings (SSSR count). The first-order chi connectivity index (χ1) is 8.45. The summed E-state index contributed by atoms with van der Waals surface area (Å²) >= 11 is 0. The molecule has 6 nitrogen and oxygen atoms in total. The van der Waals surface area contributed by atoms with E-state index in [1.807, 2.05) is 0 Å². The van der Waals surface area contributed by atoms with E-state index >= 15 is 0 Å². The van der Waals surface area contributed by atoms with Crippen molar-refractivity contribution in [2.45, 2.75) is 63.9 Å². The van der Waals surface area contributed by atoms with E-state index in [1.165, 1.54) is 25.7 Å².